The van der Waals surface area contributed by atoms with Crippen LogP contribution in [-0.2, 0) is 27.5 Å². The minimum atomic E-state index is -4.85. The Morgan fingerprint density at radius 3 is 2.47 bits per heavy atom. The van der Waals surface area contributed by atoms with Crippen molar-refractivity contribution in [1.29, 1.82) is 5.26 Å². The summed E-state index contributed by atoms with van der Waals surface area (Å²) in [6.07, 6.45) is -8.92. The lowest BCUT2D eigenvalue weighted by atomic mass is 9.78. The van der Waals surface area contributed by atoms with Gasteiger partial charge in [-0.3, -0.25) is 4.79 Å². The van der Waals surface area contributed by atoms with Crippen LogP contribution in [0, 0.1) is 17.2 Å². The largest absolute Gasteiger partial charge is 0.573 e. The van der Waals surface area contributed by atoms with E-state index in [1.807, 2.05) is 19.9 Å². The number of benzene rings is 2. The van der Waals surface area contributed by atoms with E-state index in [9.17, 15) is 28.2 Å². The molecular weight excluding hydrogens is 505 g/mol. The zero-order valence-electron chi connectivity index (χ0n) is 21.1. The van der Waals surface area contributed by atoms with Crippen LogP contribution in [0.25, 0.3) is 0 Å². The van der Waals surface area contributed by atoms with Gasteiger partial charge in [-0.1, -0.05) is 38.1 Å². The molecule has 0 radical (unpaired) electrons. The Morgan fingerprint density at radius 1 is 1.13 bits per heavy atom. The summed E-state index contributed by atoms with van der Waals surface area (Å²) in [5, 5.41) is 33.1. The maximum Gasteiger partial charge on any atom is 0.573 e. The van der Waals surface area contributed by atoms with E-state index in [1.165, 1.54) is 12.1 Å². The molecular formula is C27H31F3N2O6. The molecule has 206 valence electrons. The van der Waals surface area contributed by atoms with E-state index in [0.29, 0.717) is 23.2 Å². The highest BCUT2D eigenvalue weighted by Gasteiger charge is 2.51. The van der Waals surface area contributed by atoms with Gasteiger partial charge in [0, 0.05) is 19.4 Å². The fourth-order valence-corrected chi connectivity index (χ4v) is 4.15. The Hall–Kier alpha value is -3.17. The van der Waals surface area contributed by atoms with Crippen molar-refractivity contribution < 1.29 is 42.4 Å². The molecule has 0 heterocycles. The molecule has 0 spiro atoms. The van der Waals surface area contributed by atoms with Gasteiger partial charge in [-0.25, -0.2) is 0 Å². The molecule has 2 aromatic carbocycles. The van der Waals surface area contributed by atoms with E-state index in [1.54, 1.807) is 24.3 Å². The fraction of sp³-hybridized carbons (Fsp3) is 0.481. The van der Waals surface area contributed by atoms with Gasteiger partial charge in [-0.2, -0.15) is 5.26 Å². The van der Waals surface area contributed by atoms with Gasteiger partial charge in [-0.05, 0) is 41.3 Å². The van der Waals surface area contributed by atoms with Gasteiger partial charge in [0.15, 0.2) is 5.60 Å². The van der Waals surface area contributed by atoms with Crippen molar-refractivity contribution in [1.82, 2.24) is 5.32 Å². The van der Waals surface area contributed by atoms with Gasteiger partial charge in [0.1, 0.15) is 11.9 Å². The van der Waals surface area contributed by atoms with Gasteiger partial charge < -0.3 is 29.7 Å². The molecule has 0 aliphatic heterocycles. The molecule has 2 aromatic rings. The summed E-state index contributed by atoms with van der Waals surface area (Å²) in [4.78, 5) is 13.3. The molecule has 1 amide bonds. The summed E-state index contributed by atoms with van der Waals surface area (Å²) in [5.74, 6) is -0.747. The molecule has 3 rings (SSSR count). The number of aliphatic hydroxyl groups excluding tert-OH is 2. The number of rotatable bonds is 10. The molecule has 1 unspecified atom stereocenters. The molecule has 4 atom stereocenters. The molecule has 1 fully saturated rings. The summed E-state index contributed by atoms with van der Waals surface area (Å²) in [6.45, 7) is 3.99. The van der Waals surface area contributed by atoms with Crippen LogP contribution >= 0.6 is 0 Å². The Bertz CT molecular complexity index is 1120. The van der Waals surface area contributed by atoms with Crippen LogP contribution in [0.2, 0.25) is 0 Å². The first kappa shape index (κ1) is 29.4. The van der Waals surface area contributed by atoms with Crippen LogP contribution in [0.1, 0.15) is 43.4 Å². The molecule has 11 heteroatoms. The highest BCUT2D eigenvalue weighted by atomic mass is 19.4. The number of amides is 1. The van der Waals surface area contributed by atoms with Gasteiger partial charge in [-0.15, -0.1) is 13.2 Å². The number of nitrogens with one attached hydrogen (secondary N) is 1. The minimum Gasteiger partial charge on any atom is -0.406 e. The molecule has 1 saturated carbocycles. The second-order valence-corrected chi connectivity index (χ2v) is 9.71. The lowest BCUT2D eigenvalue weighted by Crippen LogP contribution is -2.60. The van der Waals surface area contributed by atoms with E-state index in [2.05, 4.69) is 10.1 Å². The maximum atomic E-state index is 13.3. The van der Waals surface area contributed by atoms with E-state index >= 15 is 0 Å². The number of nitriles is 1. The zero-order valence-corrected chi connectivity index (χ0v) is 21.1. The van der Waals surface area contributed by atoms with Crippen molar-refractivity contribution in [3.63, 3.8) is 0 Å². The average molecular weight is 537 g/mol. The molecule has 38 heavy (non-hydrogen) atoms. The van der Waals surface area contributed by atoms with E-state index in [-0.39, 0.29) is 32.0 Å². The Morgan fingerprint density at radius 2 is 1.84 bits per heavy atom. The van der Waals surface area contributed by atoms with Crippen molar-refractivity contribution in [2.75, 3.05) is 6.54 Å². The summed E-state index contributed by atoms with van der Waals surface area (Å²) in [6, 6.07) is 13.8. The predicted octanol–water partition coefficient (Wildman–Crippen LogP) is 3.59. The summed E-state index contributed by atoms with van der Waals surface area (Å²) in [7, 11) is 0. The van der Waals surface area contributed by atoms with Crippen molar-refractivity contribution >= 4 is 5.91 Å². The first-order valence-electron chi connectivity index (χ1n) is 12.1. The summed E-state index contributed by atoms with van der Waals surface area (Å²) >= 11 is 0. The SMILES string of the molecule is CC(C)CNC(=O)[C@@]1(OCc2ccc(C#N)cc2)CC(OCc2cccc(OC(F)(F)F)c2)[C@H](O)[C@H](O)C1. The van der Waals surface area contributed by atoms with Crippen molar-refractivity contribution in [3.8, 4) is 11.8 Å². The first-order valence-corrected chi connectivity index (χ1v) is 12.1. The van der Waals surface area contributed by atoms with Crippen molar-refractivity contribution in [2.45, 2.75) is 70.2 Å². The molecule has 1 aliphatic carbocycles. The van der Waals surface area contributed by atoms with Crippen LogP contribution < -0.4 is 10.1 Å². The number of hydrogen-bond acceptors (Lipinski definition) is 7. The Balaban J connectivity index is 1.78. The molecule has 1 aliphatic rings. The lowest BCUT2D eigenvalue weighted by molar-refractivity contribution is -0.274. The standard InChI is InChI=1S/C27H31F3N2O6/c1-17(2)14-32-25(35)26(37-16-19-8-6-18(13-31)7-9-19)11-22(33)24(34)23(12-26)36-15-20-4-3-5-21(10-20)38-27(28,29)30/h3-10,17,22-24,33-34H,11-12,14-16H2,1-2H3,(H,32,35)/t22-,23?,24-,26+/m1/s1. The monoisotopic (exact) mass is 536 g/mol. The van der Waals surface area contributed by atoms with Gasteiger partial charge in [0.2, 0.25) is 0 Å². The van der Waals surface area contributed by atoms with Gasteiger partial charge >= 0.3 is 6.36 Å². The molecule has 8 nitrogen and oxygen atoms in total. The molecule has 0 bridgehead atoms. The van der Waals surface area contributed by atoms with Crippen LogP contribution in [0.3, 0.4) is 0 Å². The zero-order chi connectivity index (χ0) is 27.9. The quantitative estimate of drug-likeness (QED) is 0.424. The van der Waals surface area contributed by atoms with Crippen LogP contribution in [0.4, 0.5) is 13.2 Å². The topological polar surface area (TPSA) is 121 Å². The Labute approximate surface area is 218 Å². The van der Waals surface area contributed by atoms with Crippen LogP contribution in [0.15, 0.2) is 48.5 Å². The number of nitrogens with zero attached hydrogens (tertiary/aromatic N) is 1. The third-order valence-corrected chi connectivity index (χ3v) is 6.12. The second kappa shape index (κ2) is 12.6. The highest BCUT2D eigenvalue weighted by molar-refractivity contribution is 5.85. The maximum absolute atomic E-state index is 13.3. The second-order valence-electron chi connectivity index (χ2n) is 9.71. The van der Waals surface area contributed by atoms with Crippen molar-refractivity contribution in [2.24, 2.45) is 5.92 Å². The van der Waals surface area contributed by atoms with Crippen molar-refractivity contribution in [3.05, 3.63) is 65.2 Å². The number of carbonyl (C=O) groups is 1. The number of aliphatic hydroxyl groups is 2. The van der Waals surface area contributed by atoms with E-state index in [4.69, 9.17) is 14.7 Å². The fourth-order valence-electron chi connectivity index (χ4n) is 4.15. The minimum absolute atomic E-state index is 0.00678. The highest BCUT2D eigenvalue weighted by Crippen LogP contribution is 2.36. The van der Waals surface area contributed by atoms with Gasteiger partial charge in [0.25, 0.3) is 5.91 Å². The van der Waals surface area contributed by atoms with E-state index < -0.39 is 41.9 Å². The lowest BCUT2D eigenvalue weighted by Gasteiger charge is -2.44. The number of halogens is 3. The number of alkyl halides is 3. The summed E-state index contributed by atoms with van der Waals surface area (Å²) in [5.41, 5.74) is -0.0487. The molecule has 0 saturated heterocycles. The van der Waals surface area contributed by atoms with Gasteiger partial charge in [0.05, 0.1) is 37.1 Å². The van der Waals surface area contributed by atoms with E-state index in [0.717, 1.165) is 12.1 Å². The van der Waals surface area contributed by atoms with Crippen LogP contribution in [-0.4, -0.2) is 52.9 Å². The smallest absolute Gasteiger partial charge is 0.406 e. The van der Waals surface area contributed by atoms with Crippen LogP contribution in [0.5, 0.6) is 5.75 Å². The number of ether oxygens (including phenoxy) is 3. The molecule has 3 N–H and O–H groups in total. The third kappa shape index (κ3) is 8.16. The molecule has 0 aromatic heterocycles. The predicted molar refractivity (Wildman–Crippen MR) is 129 cm³/mol. The summed E-state index contributed by atoms with van der Waals surface area (Å²) < 4.78 is 53.6. The number of carbonyl (C=O) groups excluding carboxylic acids is 1. The average Bonchev–Trinajstić information content (AvgIpc) is 2.86. The number of hydrogen-bond donors (Lipinski definition) is 3. The normalized spacial score (nSPS) is 23.6. The Kier molecular flexibility index (Phi) is 9.73. The third-order valence-electron chi connectivity index (χ3n) is 6.12. The first-order chi connectivity index (χ1) is 17.9.